The number of anilines is 1. The zero-order valence-corrected chi connectivity index (χ0v) is 22.6. The summed E-state index contributed by atoms with van der Waals surface area (Å²) in [6, 6.07) is 3.20. The monoisotopic (exact) mass is 587 g/mol. The number of alkyl carbamates (subject to hydrolysis) is 1. The van der Waals surface area contributed by atoms with Crippen LogP contribution in [0.15, 0.2) is 42.6 Å². The number of carbonyl (C=O) groups excluding carboxylic acids is 3. The van der Waals surface area contributed by atoms with Crippen LogP contribution in [0.3, 0.4) is 0 Å². The molecule has 1 fully saturated rings. The van der Waals surface area contributed by atoms with Crippen molar-refractivity contribution in [2.75, 3.05) is 32.1 Å². The topological polar surface area (TPSA) is 122 Å². The molecule has 0 unspecified atom stereocenters. The third-order valence-corrected chi connectivity index (χ3v) is 5.75. The molecule has 2 atom stereocenters. The number of nitrogens with zero attached hydrogens (tertiary/aromatic N) is 2. The molecule has 2 aromatic rings. The van der Waals surface area contributed by atoms with Gasteiger partial charge in [0, 0.05) is 13.3 Å². The maximum Gasteiger partial charge on any atom is 0.416 e. The number of ether oxygens (including phenoxy) is 2. The zero-order chi connectivity index (χ0) is 30.6. The van der Waals surface area contributed by atoms with Crippen LogP contribution in [0.2, 0.25) is 0 Å². The van der Waals surface area contributed by atoms with Crippen molar-refractivity contribution >= 4 is 23.8 Å². The van der Waals surface area contributed by atoms with Gasteiger partial charge in [-0.05, 0) is 56.2 Å². The van der Waals surface area contributed by atoms with Crippen molar-refractivity contribution in [3.05, 3.63) is 59.3 Å². The van der Waals surface area contributed by atoms with E-state index in [0.717, 1.165) is 23.1 Å². The molecule has 10 nitrogen and oxygen atoms in total. The summed E-state index contributed by atoms with van der Waals surface area (Å²) >= 11 is 0. The Labute approximate surface area is 232 Å². The Kier molecular flexibility index (Phi) is 9.41. The van der Waals surface area contributed by atoms with Crippen molar-refractivity contribution in [2.24, 2.45) is 0 Å². The van der Waals surface area contributed by atoms with Crippen LogP contribution in [0.5, 0.6) is 0 Å². The van der Waals surface area contributed by atoms with E-state index < -0.39 is 66.5 Å². The third kappa shape index (κ3) is 8.74. The molecule has 1 aromatic heterocycles. The number of carbonyl (C=O) groups is 3. The molecule has 2 heterocycles. The van der Waals surface area contributed by atoms with Gasteiger partial charge in [0.2, 0.25) is 0 Å². The number of hydrogen-bond acceptors (Lipinski definition) is 6. The molecule has 1 aromatic carbocycles. The minimum absolute atomic E-state index is 0.124. The van der Waals surface area contributed by atoms with Crippen LogP contribution in [0.25, 0.3) is 0 Å². The van der Waals surface area contributed by atoms with Crippen molar-refractivity contribution in [1.82, 2.24) is 20.5 Å². The second-order valence-electron chi connectivity index (χ2n) is 10.3. The van der Waals surface area contributed by atoms with Crippen molar-refractivity contribution in [3.63, 3.8) is 0 Å². The second kappa shape index (κ2) is 12.2. The van der Waals surface area contributed by atoms with Crippen molar-refractivity contribution < 1.29 is 45.8 Å². The number of pyridine rings is 1. The van der Waals surface area contributed by atoms with E-state index in [9.17, 15) is 36.3 Å². The minimum Gasteiger partial charge on any atom is -0.444 e. The fourth-order valence-electron chi connectivity index (χ4n) is 4.00. The van der Waals surface area contributed by atoms with Gasteiger partial charge in [-0.3, -0.25) is 4.79 Å². The molecule has 15 heteroatoms. The quantitative estimate of drug-likeness (QED) is 0.387. The Morgan fingerprint density at radius 1 is 1.15 bits per heavy atom. The van der Waals surface area contributed by atoms with Crippen LogP contribution >= 0.6 is 0 Å². The summed E-state index contributed by atoms with van der Waals surface area (Å²) in [6.45, 7) is 2.83. The summed E-state index contributed by atoms with van der Waals surface area (Å²) in [7, 11) is 1.32. The van der Waals surface area contributed by atoms with E-state index in [0.29, 0.717) is 0 Å². The van der Waals surface area contributed by atoms with Crippen LogP contribution in [-0.2, 0) is 20.4 Å². The first kappa shape index (κ1) is 31.5. The Hall–Kier alpha value is -4.01. The molecule has 0 radical (unpaired) electrons. The van der Waals surface area contributed by atoms with E-state index in [4.69, 9.17) is 9.47 Å². The number of nitrogens with one attached hydrogen (secondary N) is 3. The smallest absolute Gasteiger partial charge is 0.416 e. The van der Waals surface area contributed by atoms with Gasteiger partial charge in [0.25, 0.3) is 11.8 Å². The molecule has 41 heavy (non-hydrogen) atoms. The number of rotatable bonds is 8. The number of hydrogen-bond donors (Lipinski definition) is 3. The molecular weight excluding hydrogens is 557 g/mol. The standard InChI is InChI=1S/C26H30F5N5O5/c1-24(2,3)41-23(39)35-20(16-6-5-7-17(10-16)26(29,30)31)21(37)34-19-11-15(8-9-32-19)18(12-40-4)36-14-25(27,28)13-33-22(36)38/h5-11,18,20H,12-14H2,1-4H3,(H,33,38)(H,35,39)(H,32,34,37)/t18-,20+/m1/s1. The highest BCUT2D eigenvalue weighted by Gasteiger charge is 2.42. The first-order valence-electron chi connectivity index (χ1n) is 12.3. The Morgan fingerprint density at radius 2 is 1.85 bits per heavy atom. The summed E-state index contributed by atoms with van der Waals surface area (Å²) in [6.07, 6.45) is -4.53. The van der Waals surface area contributed by atoms with Crippen LogP contribution in [-0.4, -0.2) is 66.2 Å². The van der Waals surface area contributed by atoms with Crippen molar-refractivity contribution in [1.29, 1.82) is 0 Å². The molecule has 3 rings (SSSR count). The number of benzene rings is 1. The summed E-state index contributed by atoms with van der Waals surface area (Å²) in [4.78, 5) is 43.1. The third-order valence-electron chi connectivity index (χ3n) is 5.75. The molecule has 1 aliphatic rings. The first-order chi connectivity index (χ1) is 19.0. The lowest BCUT2D eigenvalue weighted by atomic mass is 10.0. The van der Waals surface area contributed by atoms with Gasteiger partial charge in [0.1, 0.15) is 17.5 Å². The molecule has 0 saturated carbocycles. The SMILES string of the molecule is COC[C@H](c1ccnc(NC(=O)[C@@H](NC(=O)OC(C)(C)C)c2cccc(C(F)(F)F)c2)c1)N1CC(F)(F)CNC1=O. The van der Waals surface area contributed by atoms with E-state index in [1.165, 1.54) is 31.5 Å². The van der Waals surface area contributed by atoms with Crippen LogP contribution in [0.4, 0.5) is 37.4 Å². The van der Waals surface area contributed by atoms with E-state index in [2.05, 4.69) is 20.9 Å². The molecule has 0 aliphatic carbocycles. The fourth-order valence-corrected chi connectivity index (χ4v) is 4.00. The highest BCUT2D eigenvalue weighted by molar-refractivity contribution is 5.96. The maximum atomic E-state index is 14.1. The molecular formula is C26H30F5N5O5. The fraction of sp³-hybridized carbons (Fsp3) is 0.462. The number of halogens is 5. The lowest BCUT2D eigenvalue weighted by Crippen LogP contribution is -2.58. The van der Waals surface area contributed by atoms with E-state index in [1.807, 2.05) is 0 Å². The molecule has 1 aliphatic heterocycles. The van der Waals surface area contributed by atoms with E-state index in [-0.39, 0.29) is 23.6 Å². The maximum absolute atomic E-state index is 14.1. The Bertz CT molecular complexity index is 1270. The average Bonchev–Trinajstić information content (AvgIpc) is 2.86. The van der Waals surface area contributed by atoms with Crippen LogP contribution in [0.1, 0.15) is 49.5 Å². The lowest BCUT2D eigenvalue weighted by Gasteiger charge is -2.38. The van der Waals surface area contributed by atoms with Gasteiger partial charge in [0.15, 0.2) is 0 Å². The number of alkyl halides is 5. The molecule has 3 N–H and O–H groups in total. The zero-order valence-electron chi connectivity index (χ0n) is 22.6. The lowest BCUT2D eigenvalue weighted by molar-refractivity contribution is -0.137. The second-order valence-corrected chi connectivity index (χ2v) is 10.3. The van der Waals surface area contributed by atoms with Gasteiger partial charge >= 0.3 is 18.3 Å². The molecule has 0 bridgehead atoms. The average molecular weight is 588 g/mol. The van der Waals surface area contributed by atoms with Crippen molar-refractivity contribution in [2.45, 2.75) is 50.6 Å². The molecule has 4 amide bonds. The Balaban J connectivity index is 1.92. The minimum atomic E-state index is -4.72. The number of amides is 4. The van der Waals surface area contributed by atoms with E-state index >= 15 is 0 Å². The molecule has 1 saturated heterocycles. The predicted octanol–water partition coefficient (Wildman–Crippen LogP) is 4.65. The molecule has 0 spiro atoms. The largest absolute Gasteiger partial charge is 0.444 e. The molecule has 224 valence electrons. The predicted molar refractivity (Wildman–Crippen MR) is 136 cm³/mol. The number of urea groups is 1. The number of methoxy groups -OCH3 is 1. The normalized spacial score (nSPS) is 16.8. The van der Waals surface area contributed by atoms with Gasteiger partial charge in [-0.15, -0.1) is 0 Å². The van der Waals surface area contributed by atoms with Gasteiger partial charge in [-0.1, -0.05) is 12.1 Å². The van der Waals surface area contributed by atoms with Crippen LogP contribution < -0.4 is 16.0 Å². The van der Waals surface area contributed by atoms with Crippen LogP contribution in [0, 0.1) is 0 Å². The summed E-state index contributed by atoms with van der Waals surface area (Å²) in [5, 5.41) is 6.83. The Morgan fingerprint density at radius 3 is 2.49 bits per heavy atom. The van der Waals surface area contributed by atoms with E-state index in [1.54, 1.807) is 20.8 Å². The highest BCUT2D eigenvalue weighted by atomic mass is 19.4. The van der Waals surface area contributed by atoms with Gasteiger partial charge in [-0.25, -0.2) is 23.4 Å². The first-order valence-corrected chi connectivity index (χ1v) is 12.3. The number of aromatic nitrogens is 1. The van der Waals surface area contributed by atoms with Crippen molar-refractivity contribution in [3.8, 4) is 0 Å². The summed E-state index contributed by atoms with van der Waals surface area (Å²) in [5.41, 5.74) is -1.93. The van der Waals surface area contributed by atoms with Gasteiger partial charge in [0.05, 0.1) is 31.3 Å². The summed E-state index contributed by atoms with van der Waals surface area (Å²) in [5.74, 6) is -4.29. The van der Waals surface area contributed by atoms with Gasteiger partial charge in [-0.2, -0.15) is 13.2 Å². The van der Waals surface area contributed by atoms with Gasteiger partial charge < -0.3 is 30.3 Å². The highest BCUT2D eigenvalue weighted by Crippen LogP contribution is 2.32. The summed E-state index contributed by atoms with van der Waals surface area (Å²) < 4.78 is 78.6.